The van der Waals surface area contributed by atoms with Gasteiger partial charge in [0.2, 0.25) is 0 Å². The number of carbonyl (C=O) groups excluding carboxylic acids is 1. The number of pyridine rings is 4. The summed E-state index contributed by atoms with van der Waals surface area (Å²) < 4.78 is 84.0. The fraction of sp³-hybridized carbons (Fsp3) is 0.125. The van der Waals surface area contributed by atoms with Crippen LogP contribution in [0.4, 0.5) is 26.3 Å². The van der Waals surface area contributed by atoms with Gasteiger partial charge in [-0.2, -0.15) is 45.6 Å². The van der Waals surface area contributed by atoms with Crippen molar-refractivity contribution in [2.24, 2.45) is 21.1 Å². The molecule has 0 bridgehead atoms. The third-order valence-corrected chi connectivity index (χ3v) is 16.6. The number of carboxylic acids is 3. The summed E-state index contributed by atoms with van der Waals surface area (Å²) in [6.07, 6.45) is 7.74. The summed E-state index contributed by atoms with van der Waals surface area (Å²) in [5.74, 6) is -6.87. The molecule has 8 aromatic heterocycles. The first-order valence-corrected chi connectivity index (χ1v) is 35.1. The number of fused-ring (bicyclic) bond motifs is 2. The predicted molar refractivity (Wildman–Crippen MR) is 426 cm³/mol. The number of ketones is 1. The Kier molecular flexibility index (Phi) is 46.6. The van der Waals surface area contributed by atoms with Crippen LogP contribution in [-0.2, 0) is 133 Å². The molecular formula is C88H75F6Ir5N11O8S-6. The molecule has 0 unspecified atom stereocenters. The number of aliphatic hydroxyl groups is 1. The van der Waals surface area contributed by atoms with Gasteiger partial charge in [0.1, 0.15) is 0 Å². The van der Waals surface area contributed by atoms with Gasteiger partial charge in [-0.25, -0.2) is 19.9 Å². The van der Waals surface area contributed by atoms with Crippen molar-refractivity contribution in [2.75, 3.05) is 7.05 Å². The zero-order chi connectivity index (χ0) is 83.0. The molecule has 0 spiro atoms. The van der Waals surface area contributed by atoms with E-state index in [2.05, 4.69) is 113 Å². The molecule has 0 aliphatic rings. The molecule has 0 aliphatic heterocycles. The number of allylic oxidation sites excluding steroid dienone is 2. The minimum atomic E-state index is -0.983. The number of hydrogen-bond donors (Lipinski definition) is 5. The first-order valence-electron chi connectivity index (χ1n) is 34.3. The largest absolute Gasteiger partial charge is 0.512 e. The van der Waals surface area contributed by atoms with Gasteiger partial charge in [0.25, 0.3) is 0 Å². The van der Waals surface area contributed by atoms with E-state index in [4.69, 9.17) is 20.4 Å². The van der Waals surface area contributed by atoms with Crippen molar-refractivity contribution in [3.8, 4) is 55.5 Å². The smallest absolute Gasteiger partial charge is 0.356 e. The fourth-order valence-electron chi connectivity index (χ4n) is 9.77. The van der Waals surface area contributed by atoms with Crippen LogP contribution in [0.1, 0.15) is 73.5 Å². The maximum absolute atomic E-state index is 13.5. The van der Waals surface area contributed by atoms with Crippen molar-refractivity contribution in [2.45, 2.75) is 48.1 Å². The van der Waals surface area contributed by atoms with Crippen LogP contribution in [0.3, 0.4) is 0 Å². The molecule has 19 nitrogen and oxygen atoms in total. The van der Waals surface area contributed by atoms with Crippen molar-refractivity contribution >= 4 is 55.9 Å². The average Bonchev–Trinajstić information content (AvgIpc) is 1.74. The fourth-order valence-corrected chi connectivity index (χ4v) is 10.8. The summed E-state index contributed by atoms with van der Waals surface area (Å²) in [7, 11) is 6.95. The average molecular weight is 2520 g/mol. The van der Waals surface area contributed by atoms with E-state index in [9.17, 15) is 45.5 Å². The van der Waals surface area contributed by atoms with E-state index in [1.165, 1.54) is 73.0 Å². The molecule has 8 heterocycles. The Balaban J connectivity index is 0.000000456. The number of hydrogen-bond acceptors (Lipinski definition) is 14. The summed E-state index contributed by atoms with van der Waals surface area (Å²) in [5, 5.41) is 51.5. The van der Waals surface area contributed by atoms with Crippen LogP contribution < -0.4 is 5.32 Å². The number of benzene rings is 7. The molecule has 0 amide bonds. The molecule has 0 fully saturated rings. The first kappa shape index (κ1) is 104. The van der Waals surface area contributed by atoms with Gasteiger partial charge < -0.3 is 45.7 Å². The number of rotatable bonds is 11. The molecule has 5 N–H and O–H groups in total. The quantitative estimate of drug-likeness (QED) is 0.0349. The summed E-state index contributed by atoms with van der Waals surface area (Å²) in [6, 6.07) is 74.6. The third-order valence-electron chi connectivity index (χ3n) is 15.5. The normalized spacial score (nSPS) is 9.90. The van der Waals surface area contributed by atoms with E-state index in [1.54, 1.807) is 102 Å². The second kappa shape index (κ2) is 53.0. The van der Waals surface area contributed by atoms with Gasteiger partial charge in [0.15, 0.2) is 22.9 Å². The van der Waals surface area contributed by atoms with Crippen molar-refractivity contribution in [3.05, 3.63) is 353 Å². The number of halogens is 6. The van der Waals surface area contributed by atoms with Crippen molar-refractivity contribution in [3.63, 3.8) is 0 Å². The van der Waals surface area contributed by atoms with Crippen LogP contribution in [-0.4, -0.2) is 100 Å². The number of aromatic carboxylic acids is 3. The van der Waals surface area contributed by atoms with Crippen molar-refractivity contribution < 1.29 is 166 Å². The van der Waals surface area contributed by atoms with E-state index in [1.807, 2.05) is 99.0 Å². The standard InChI is InChI=1S/C15H10N.C14H8S.C13H11F2N2.C12H8F2N.C11H6F2N.3C6H8N2O2.C5H8O2.5Ir/c1-2-7-13(8-3-1)15-14-9-5-4-6-12(14)10-11-16-15;1-2-6-11(7-3-1)14-10-12-8-4-5-9-13(12)15-14;1-16-8-9-4-5-17-13(6-9)11-3-2-10(14)7-12(11)15;1-8-4-5-15-12(6-8)10-3-2-9(13)7-11(10)14;12-8-4-5-9(10(13)7-8)11-3-1-2-6-14-11;3*1-4-3-5(6(9)10)7-8(4)2;1-4(6)3-5(2)7;;;;;/h1-7,9-11H;1-6,8-9H;2,4-7,16H,8H2,1H3;2,4-7H,1H3;1-4,6-7H;3*3H,1-2H3,(H,9,10);3,6H,1-2H3;;;;;/q-1;-2;3*-1;;;;;;;;;. The molecule has 7 aromatic carbocycles. The number of thiophene rings is 1. The third kappa shape index (κ3) is 34.0. The zero-order valence-electron chi connectivity index (χ0n) is 64.9. The first-order chi connectivity index (χ1) is 54.5. The molecule has 5 radical (unpaired) electrons. The van der Waals surface area contributed by atoms with Crippen LogP contribution in [0.15, 0.2) is 237 Å². The van der Waals surface area contributed by atoms with E-state index >= 15 is 0 Å². The van der Waals surface area contributed by atoms with Gasteiger partial charge in [-0.05, 0) is 130 Å². The number of nitrogens with one attached hydrogen (secondary N) is 1. The number of aromatic nitrogens is 10. The Morgan fingerprint density at radius 1 is 0.462 bits per heavy atom. The summed E-state index contributed by atoms with van der Waals surface area (Å²) in [4.78, 5) is 58.5. The number of carbonyl (C=O) groups is 4. The van der Waals surface area contributed by atoms with E-state index in [0.29, 0.717) is 23.6 Å². The number of aryl methyl sites for hydroxylation is 7. The predicted octanol–water partition coefficient (Wildman–Crippen LogP) is 18.7. The van der Waals surface area contributed by atoms with Crippen molar-refractivity contribution in [1.29, 1.82) is 0 Å². The summed E-state index contributed by atoms with van der Waals surface area (Å²) in [5.41, 5.74) is 9.87. The Labute approximate surface area is 755 Å². The van der Waals surface area contributed by atoms with Crippen LogP contribution in [0.25, 0.3) is 76.3 Å². The van der Waals surface area contributed by atoms with Crippen LogP contribution in [0.5, 0.6) is 0 Å². The molecule has 15 aromatic rings. The second-order valence-corrected chi connectivity index (χ2v) is 25.4. The zero-order valence-corrected chi connectivity index (χ0v) is 77.7. The Bertz CT molecular complexity index is 5520. The SMILES string of the molecule is CC(=O)C=C(C)O.CNCc1ccnc(-c2[c-]cc(F)cc2F)c1.Cc1cc(C(=O)O)nn1C.Cc1cc(C(=O)O)nn1C.Cc1cc(C(=O)O)nn1C.Cc1ccnc(-c2[c-]cc(F)cc2F)c1.Fc1c[c-]c(-c2ccccn2)c(F)c1.[Ir].[Ir].[Ir].[Ir].[Ir].[c-]1ccccc1-c1[c-]c2ccccc2s1.[c-]1ccccc1-c1nccc2ccccc12. The maximum atomic E-state index is 13.5. The summed E-state index contributed by atoms with van der Waals surface area (Å²) >= 11 is 1.76. The molecule has 629 valence electrons. The topological polar surface area (TPSA) is 266 Å². The second-order valence-electron chi connectivity index (χ2n) is 24.3. The van der Waals surface area contributed by atoms with E-state index < -0.39 is 52.8 Å². The maximum Gasteiger partial charge on any atom is 0.356 e. The minimum Gasteiger partial charge on any atom is -0.512 e. The van der Waals surface area contributed by atoms with Gasteiger partial charge >= 0.3 is 17.9 Å². The van der Waals surface area contributed by atoms with Crippen molar-refractivity contribution in [1.82, 2.24) is 54.6 Å². The summed E-state index contributed by atoms with van der Waals surface area (Å²) in [6.45, 7) is 10.8. The molecule has 0 aliphatic carbocycles. The molecule has 0 saturated carbocycles. The van der Waals surface area contributed by atoms with E-state index in [-0.39, 0.29) is 146 Å². The number of aliphatic hydroxyl groups excluding tert-OH is 1. The van der Waals surface area contributed by atoms with Crippen LogP contribution in [0.2, 0.25) is 0 Å². The van der Waals surface area contributed by atoms with Gasteiger partial charge in [-0.1, -0.05) is 106 Å². The molecular weight excluding hydrogens is 2450 g/mol. The number of carboxylic acid groups (broad SMARTS) is 3. The van der Waals surface area contributed by atoms with E-state index in [0.717, 1.165) is 86.3 Å². The Hall–Kier alpha value is -10.6. The molecule has 0 saturated heterocycles. The van der Waals surface area contributed by atoms with Crippen LogP contribution in [0, 0.1) is 99.0 Å². The van der Waals surface area contributed by atoms with Gasteiger partial charge in [-0.3, -0.25) is 56.5 Å². The van der Waals surface area contributed by atoms with Gasteiger partial charge in [-0.15, -0.1) is 101 Å². The molecule has 119 heavy (non-hydrogen) atoms. The minimum absolute atomic E-state index is 0. The Morgan fingerprint density at radius 3 is 1.29 bits per heavy atom. The van der Waals surface area contributed by atoms with Crippen LogP contribution >= 0.6 is 11.3 Å². The van der Waals surface area contributed by atoms with Gasteiger partial charge in [0.05, 0.1) is 5.76 Å². The number of nitrogens with zero attached hydrogens (tertiary/aromatic N) is 10. The molecule has 0 atom stereocenters. The monoisotopic (exact) mass is 2520 g/mol. The Morgan fingerprint density at radius 2 is 0.891 bits per heavy atom. The van der Waals surface area contributed by atoms with Gasteiger partial charge in [0, 0.05) is 211 Å². The molecule has 31 heteroatoms. The molecule has 15 rings (SSSR count).